The first kappa shape index (κ1) is 16.5. The van der Waals surface area contributed by atoms with E-state index < -0.39 is 6.10 Å². The fraction of sp³-hybridized carbons (Fsp3) is 0.562. The van der Waals surface area contributed by atoms with Crippen molar-refractivity contribution in [2.45, 2.75) is 46.6 Å². The van der Waals surface area contributed by atoms with Crippen LogP contribution in [0.25, 0.3) is 0 Å². The number of rotatable bonds is 7. The molecule has 0 bridgehead atoms. The van der Waals surface area contributed by atoms with Crippen LogP contribution < -0.4 is 11.1 Å². The van der Waals surface area contributed by atoms with Crippen molar-refractivity contribution in [3.63, 3.8) is 0 Å². The summed E-state index contributed by atoms with van der Waals surface area (Å²) in [6.45, 7) is 8.63. The number of nitrogens with one attached hydrogen (secondary N) is 1. The lowest BCUT2D eigenvalue weighted by Gasteiger charge is -2.15. The zero-order chi connectivity index (χ0) is 15.1. The lowest BCUT2D eigenvalue weighted by Crippen LogP contribution is -2.28. The van der Waals surface area contributed by atoms with Crippen molar-refractivity contribution in [3.8, 4) is 0 Å². The molecule has 1 rings (SSSR count). The molecule has 0 fully saturated rings. The highest BCUT2D eigenvalue weighted by atomic mass is 16.5. The molecule has 0 aromatic heterocycles. The van der Waals surface area contributed by atoms with Crippen LogP contribution in [0.15, 0.2) is 18.2 Å². The van der Waals surface area contributed by atoms with Gasteiger partial charge in [-0.15, -0.1) is 0 Å². The van der Waals surface area contributed by atoms with E-state index in [-0.39, 0.29) is 5.91 Å². The van der Waals surface area contributed by atoms with Crippen molar-refractivity contribution in [1.82, 2.24) is 0 Å². The first-order valence-corrected chi connectivity index (χ1v) is 7.19. The van der Waals surface area contributed by atoms with Gasteiger partial charge in [0, 0.05) is 18.0 Å². The average Bonchev–Trinajstić information content (AvgIpc) is 2.39. The molecular formula is C16H26N2O2. The van der Waals surface area contributed by atoms with Crippen LogP contribution in [0.1, 0.15) is 39.2 Å². The van der Waals surface area contributed by atoms with E-state index in [0.717, 1.165) is 24.1 Å². The summed E-state index contributed by atoms with van der Waals surface area (Å²) in [4.78, 5) is 12.0. The van der Waals surface area contributed by atoms with Gasteiger partial charge in [-0.2, -0.15) is 0 Å². The number of nitrogens with two attached hydrogens (primary N) is 1. The number of hydrogen-bond acceptors (Lipinski definition) is 3. The Kier molecular flexibility index (Phi) is 6.52. The smallest absolute Gasteiger partial charge is 0.253 e. The van der Waals surface area contributed by atoms with Crippen LogP contribution in [0.3, 0.4) is 0 Å². The second kappa shape index (κ2) is 7.90. The van der Waals surface area contributed by atoms with Crippen LogP contribution in [0.2, 0.25) is 0 Å². The topological polar surface area (TPSA) is 64.3 Å². The lowest BCUT2D eigenvalue weighted by atomic mass is 10.1. The molecule has 112 valence electrons. The number of carbonyl (C=O) groups is 1. The maximum atomic E-state index is 12.0. The molecule has 4 nitrogen and oxygen atoms in total. The van der Waals surface area contributed by atoms with Gasteiger partial charge in [-0.3, -0.25) is 4.79 Å². The van der Waals surface area contributed by atoms with Crippen LogP contribution in [0.4, 0.5) is 11.4 Å². The molecule has 0 radical (unpaired) electrons. The van der Waals surface area contributed by atoms with Crippen LogP contribution in [0.5, 0.6) is 0 Å². The van der Waals surface area contributed by atoms with Gasteiger partial charge in [0.25, 0.3) is 5.91 Å². The number of amides is 1. The van der Waals surface area contributed by atoms with Crippen molar-refractivity contribution in [2.75, 3.05) is 17.7 Å². The van der Waals surface area contributed by atoms with Gasteiger partial charge in [-0.05, 0) is 50.3 Å². The Bertz CT molecular complexity index is 444. The minimum Gasteiger partial charge on any atom is -0.398 e. The summed E-state index contributed by atoms with van der Waals surface area (Å²) < 4.78 is 5.55. The fourth-order valence-electron chi connectivity index (χ4n) is 1.85. The Labute approximate surface area is 121 Å². The van der Waals surface area contributed by atoms with Gasteiger partial charge >= 0.3 is 0 Å². The third kappa shape index (κ3) is 5.21. The zero-order valence-corrected chi connectivity index (χ0v) is 12.9. The quantitative estimate of drug-likeness (QED) is 0.594. The van der Waals surface area contributed by atoms with Crippen molar-refractivity contribution in [2.24, 2.45) is 5.92 Å². The molecule has 1 aromatic rings. The summed E-state index contributed by atoms with van der Waals surface area (Å²) in [6, 6.07) is 5.48. The van der Waals surface area contributed by atoms with Gasteiger partial charge < -0.3 is 15.8 Å². The molecule has 1 atom stereocenters. The van der Waals surface area contributed by atoms with E-state index in [4.69, 9.17) is 10.5 Å². The van der Waals surface area contributed by atoms with Crippen LogP contribution in [-0.2, 0) is 9.53 Å². The zero-order valence-electron chi connectivity index (χ0n) is 12.9. The third-order valence-electron chi connectivity index (χ3n) is 3.30. The van der Waals surface area contributed by atoms with Gasteiger partial charge in [0.2, 0.25) is 0 Å². The first-order chi connectivity index (χ1) is 9.41. The van der Waals surface area contributed by atoms with Crippen molar-refractivity contribution < 1.29 is 9.53 Å². The second-order valence-corrected chi connectivity index (χ2v) is 5.56. The molecule has 1 amide bonds. The number of hydrogen-bond donors (Lipinski definition) is 2. The highest BCUT2D eigenvalue weighted by molar-refractivity contribution is 5.95. The minimum atomic E-state index is -0.456. The van der Waals surface area contributed by atoms with Gasteiger partial charge in [0.1, 0.15) is 6.10 Å². The van der Waals surface area contributed by atoms with E-state index in [1.54, 1.807) is 6.92 Å². The number of carbonyl (C=O) groups excluding carboxylic acids is 1. The highest BCUT2D eigenvalue weighted by Gasteiger charge is 2.14. The first-order valence-electron chi connectivity index (χ1n) is 7.19. The van der Waals surface area contributed by atoms with Crippen molar-refractivity contribution in [1.29, 1.82) is 0 Å². The summed E-state index contributed by atoms with van der Waals surface area (Å²) in [5.41, 5.74) is 8.12. The molecule has 3 N–H and O–H groups in total. The normalized spacial score (nSPS) is 12.4. The summed E-state index contributed by atoms with van der Waals surface area (Å²) >= 11 is 0. The van der Waals surface area contributed by atoms with E-state index in [1.807, 2.05) is 25.1 Å². The predicted molar refractivity (Wildman–Crippen MR) is 83.7 cm³/mol. The average molecular weight is 278 g/mol. The Morgan fingerprint density at radius 3 is 2.70 bits per heavy atom. The Balaban J connectivity index is 2.43. The summed E-state index contributed by atoms with van der Waals surface area (Å²) in [6.07, 6.45) is 1.64. The Morgan fingerprint density at radius 1 is 1.35 bits per heavy atom. The number of benzene rings is 1. The standard InChI is InChI=1S/C16H26N2O2/c1-11(2)7-6-10-20-13(4)16(19)18-15-9-5-8-14(17)12(15)3/h5,8-9,11,13H,6-7,10,17H2,1-4H3,(H,18,19). The van der Waals surface area contributed by atoms with E-state index in [1.165, 1.54) is 0 Å². The number of ether oxygens (including phenoxy) is 1. The summed E-state index contributed by atoms with van der Waals surface area (Å²) in [5, 5.41) is 2.86. The van der Waals surface area contributed by atoms with Crippen LogP contribution in [0, 0.1) is 12.8 Å². The molecule has 0 aliphatic carbocycles. The molecule has 0 aliphatic rings. The largest absolute Gasteiger partial charge is 0.398 e. The SMILES string of the molecule is Cc1c(N)cccc1NC(=O)C(C)OCCCC(C)C. The summed E-state index contributed by atoms with van der Waals surface area (Å²) in [5.74, 6) is 0.529. The van der Waals surface area contributed by atoms with Gasteiger partial charge in [-0.25, -0.2) is 0 Å². The van der Waals surface area contributed by atoms with Crippen molar-refractivity contribution in [3.05, 3.63) is 23.8 Å². The molecule has 0 spiro atoms. The maximum absolute atomic E-state index is 12.0. The molecule has 0 saturated carbocycles. The number of nitrogen functional groups attached to an aromatic ring is 1. The Hall–Kier alpha value is -1.55. The minimum absolute atomic E-state index is 0.136. The van der Waals surface area contributed by atoms with Crippen LogP contribution >= 0.6 is 0 Å². The molecule has 0 aliphatic heterocycles. The van der Waals surface area contributed by atoms with E-state index in [9.17, 15) is 4.79 Å². The molecule has 1 aromatic carbocycles. The van der Waals surface area contributed by atoms with E-state index in [2.05, 4.69) is 19.2 Å². The van der Waals surface area contributed by atoms with E-state index >= 15 is 0 Å². The molecule has 1 unspecified atom stereocenters. The predicted octanol–water partition coefficient (Wildman–Crippen LogP) is 3.36. The third-order valence-corrected chi connectivity index (χ3v) is 3.30. The molecule has 20 heavy (non-hydrogen) atoms. The second-order valence-electron chi connectivity index (χ2n) is 5.56. The monoisotopic (exact) mass is 278 g/mol. The van der Waals surface area contributed by atoms with E-state index in [0.29, 0.717) is 18.2 Å². The summed E-state index contributed by atoms with van der Waals surface area (Å²) in [7, 11) is 0. The Morgan fingerprint density at radius 2 is 2.05 bits per heavy atom. The lowest BCUT2D eigenvalue weighted by molar-refractivity contribution is -0.126. The number of anilines is 2. The fourth-order valence-corrected chi connectivity index (χ4v) is 1.85. The maximum Gasteiger partial charge on any atom is 0.253 e. The molecule has 0 saturated heterocycles. The van der Waals surface area contributed by atoms with Gasteiger partial charge in [0.15, 0.2) is 0 Å². The molecule has 0 heterocycles. The highest BCUT2D eigenvalue weighted by Crippen LogP contribution is 2.20. The molecular weight excluding hydrogens is 252 g/mol. The van der Waals surface area contributed by atoms with Crippen molar-refractivity contribution >= 4 is 17.3 Å². The molecule has 4 heteroatoms. The van der Waals surface area contributed by atoms with Gasteiger partial charge in [0.05, 0.1) is 0 Å². The van der Waals surface area contributed by atoms with Crippen LogP contribution in [-0.4, -0.2) is 18.6 Å². The van der Waals surface area contributed by atoms with Gasteiger partial charge in [-0.1, -0.05) is 19.9 Å².